The molecule has 3 heteroatoms. The van der Waals surface area contributed by atoms with Crippen LogP contribution in [0.1, 0.15) is 31.6 Å². The van der Waals surface area contributed by atoms with Gasteiger partial charge in [-0.1, -0.05) is 19.9 Å². The van der Waals surface area contributed by atoms with Crippen molar-refractivity contribution in [2.45, 2.75) is 39.2 Å². The molecule has 0 unspecified atom stereocenters. The molecule has 1 aliphatic heterocycles. The third kappa shape index (κ3) is 4.71. The van der Waals surface area contributed by atoms with Crippen molar-refractivity contribution in [1.82, 2.24) is 10.2 Å². The number of thiophene rings is 1. The minimum Gasteiger partial charge on any atom is -0.314 e. The Hall–Kier alpha value is -0.380. The van der Waals surface area contributed by atoms with Crippen LogP contribution in [0.4, 0.5) is 0 Å². The minimum atomic E-state index is 0.627. The fraction of sp³-hybridized carbons (Fsp3) is 0.733. The van der Waals surface area contributed by atoms with E-state index in [-0.39, 0.29) is 0 Å². The summed E-state index contributed by atoms with van der Waals surface area (Å²) in [6, 6.07) is 5.04. The summed E-state index contributed by atoms with van der Waals surface area (Å²) in [6.07, 6.45) is 3.96. The molecule has 0 amide bonds. The van der Waals surface area contributed by atoms with Crippen LogP contribution in [-0.2, 0) is 6.42 Å². The fourth-order valence-corrected chi connectivity index (χ4v) is 3.24. The summed E-state index contributed by atoms with van der Waals surface area (Å²) < 4.78 is 0. The quantitative estimate of drug-likeness (QED) is 0.851. The molecular weight excluding hydrogens is 240 g/mol. The molecule has 18 heavy (non-hydrogen) atoms. The first-order chi connectivity index (χ1) is 8.74. The van der Waals surface area contributed by atoms with Crippen LogP contribution in [0.2, 0.25) is 0 Å². The van der Waals surface area contributed by atoms with Crippen molar-refractivity contribution < 1.29 is 0 Å². The first-order valence-electron chi connectivity index (χ1n) is 7.22. The van der Waals surface area contributed by atoms with Gasteiger partial charge in [-0.25, -0.2) is 0 Å². The van der Waals surface area contributed by atoms with Gasteiger partial charge in [0.25, 0.3) is 0 Å². The molecule has 102 valence electrons. The average Bonchev–Trinajstić information content (AvgIpc) is 2.88. The van der Waals surface area contributed by atoms with Crippen molar-refractivity contribution in [2.24, 2.45) is 5.92 Å². The van der Waals surface area contributed by atoms with Crippen molar-refractivity contribution in [3.63, 3.8) is 0 Å². The Labute approximate surface area is 115 Å². The molecule has 1 fully saturated rings. The molecule has 1 saturated heterocycles. The predicted octanol–water partition coefficient (Wildman–Crippen LogP) is 3.00. The van der Waals surface area contributed by atoms with E-state index in [1.165, 1.54) is 50.3 Å². The first-order valence-corrected chi connectivity index (χ1v) is 8.10. The molecular formula is C15H26N2S. The molecule has 0 bridgehead atoms. The molecule has 0 radical (unpaired) electrons. The normalized spacial score (nSPS) is 18.6. The number of piperidine rings is 1. The lowest BCUT2D eigenvalue weighted by atomic mass is 9.96. The Morgan fingerprint density at radius 2 is 2.17 bits per heavy atom. The Balaban J connectivity index is 1.61. The standard InChI is InChI=1S/C15H26N2S/c1-13(2)16-12-14-5-8-17(9-6-14)10-7-15-4-3-11-18-15/h3-4,11,13-14,16H,5-10,12H2,1-2H3. The van der Waals surface area contributed by atoms with E-state index >= 15 is 0 Å². The summed E-state index contributed by atoms with van der Waals surface area (Å²) in [6.45, 7) is 9.49. The fourth-order valence-electron chi connectivity index (χ4n) is 2.54. The second kappa shape index (κ2) is 7.27. The van der Waals surface area contributed by atoms with Gasteiger partial charge in [0.05, 0.1) is 0 Å². The van der Waals surface area contributed by atoms with Crippen molar-refractivity contribution >= 4 is 11.3 Å². The van der Waals surface area contributed by atoms with Crippen LogP contribution in [0.3, 0.4) is 0 Å². The maximum absolute atomic E-state index is 3.57. The highest BCUT2D eigenvalue weighted by Crippen LogP contribution is 2.17. The van der Waals surface area contributed by atoms with Crippen molar-refractivity contribution in [2.75, 3.05) is 26.2 Å². The van der Waals surface area contributed by atoms with E-state index in [1.54, 1.807) is 0 Å². The predicted molar refractivity (Wildman–Crippen MR) is 80.3 cm³/mol. The highest BCUT2D eigenvalue weighted by atomic mass is 32.1. The molecule has 0 atom stereocenters. The van der Waals surface area contributed by atoms with Gasteiger partial charge in [0.2, 0.25) is 0 Å². The number of rotatable bonds is 6. The second-order valence-electron chi connectivity index (χ2n) is 5.68. The SMILES string of the molecule is CC(C)NCC1CCN(CCc2cccs2)CC1. The van der Waals surface area contributed by atoms with Gasteiger partial charge in [0.1, 0.15) is 0 Å². The molecule has 0 aromatic carbocycles. The van der Waals surface area contributed by atoms with Gasteiger partial charge in [-0.2, -0.15) is 0 Å². The molecule has 0 aliphatic carbocycles. The van der Waals surface area contributed by atoms with Crippen LogP contribution in [0.5, 0.6) is 0 Å². The van der Waals surface area contributed by atoms with Crippen molar-refractivity contribution in [1.29, 1.82) is 0 Å². The van der Waals surface area contributed by atoms with E-state index in [1.807, 2.05) is 11.3 Å². The topological polar surface area (TPSA) is 15.3 Å². The zero-order chi connectivity index (χ0) is 12.8. The Morgan fingerprint density at radius 3 is 2.78 bits per heavy atom. The van der Waals surface area contributed by atoms with Crippen LogP contribution in [0.15, 0.2) is 17.5 Å². The lowest BCUT2D eigenvalue weighted by Crippen LogP contribution is -2.39. The maximum Gasteiger partial charge on any atom is 0.00579 e. The molecule has 0 spiro atoms. The third-order valence-electron chi connectivity index (χ3n) is 3.78. The Kier molecular flexibility index (Phi) is 5.67. The van der Waals surface area contributed by atoms with Crippen LogP contribution >= 0.6 is 11.3 Å². The summed E-state index contributed by atoms with van der Waals surface area (Å²) in [4.78, 5) is 4.16. The highest BCUT2D eigenvalue weighted by molar-refractivity contribution is 7.09. The zero-order valence-corrected chi connectivity index (χ0v) is 12.5. The summed E-state index contributed by atoms with van der Waals surface area (Å²) in [7, 11) is 0. The van der Waals surface area contributed by atoms with Gasteiger partial charge in [0.15, 0.2) is 0 Å². The second-order valence-corrected chi connectivity index (χ2v) is 6.71. The van der Waals surface area contributed by atoms with Gasteiger partial charge < -0.3 is 10.2 Å². The molecule has 1 aliphatic rings. The summed E-state index contributed by atoms with van der Waals surface area (Å²) in [5, 5.41) is 5.75. The van der Waals surface area contributed by atoms with E-state index in [9.17, 15) is 0 Å². The van der Waals surface area contributed by atoms with E-state index in [2.05, 4.69) is 41.6 Å². The zero-order valence-electron chi connectivity index (χ0n) is 11.7. The Morgan fingerprint density at radius 1 is 1.39 bits per heavy atom. The van der Waals surface area contributed by atoms with E-state index in [4.69, 9.17) is 0 Å². The van der Waals surface area contributed by atoms with Gasteiger partial charge >= 0.3 is 0 Å². The lowest BCUT2D eigenvalue weighted by molar-refractivity contribution is 0.183. The van der Waals surface area contributed by atoms with Crippen LogP contribution in [0, 0.1) is 5.92 Å². The molecule has 0 saturated carbocycles. The summed E-state index contributed by atoms with van der Waals surface area (Å²) >= 11 is 1.89. The van der Waals surface area contributed by atoms with E-state index in [0.29, 0.717) is 6.04 Å². The number of nitrogens with one attached hydrogen (secondary N) is 1. The summed E-state index contributed by atoms with van der Waals surface area (Å²) in [5.74, 6) is 0.894. The number of likely N-dealkylation sites (tertiary alicyclic amines) is 1. The largest absolute Gasteiger partial charge is 0.314 e. The third-order valence-corrected chi connectivity index (χ3v) is 4.71. The first kappa shape index (κ1) is 14.0. The Bertz CT molecular complexity index is 313. The van der Waals surface area contributed by atoms with Gasteiger partial charge in [0, 0.05) is 17.5 Å². The van der Waals surface area contributed by atoms with Crippen LogP contribution in [0.25, 0.3) is 0 Å². The van der Waals surface area contributed by atoms with E-state index < -0.39 is 0 Å². The maximum atomic E-state index is 3.57. The highest BCUT2D eigenvalue weighted by Gasteiger charge is 2.18. The van der Waals surface area contributed by atoms with Crippen molar-refractivity contribution in [3.05, 3.63) is 22.4 Å². The molecule has 2 nitrogen and oxygen atoms in total. The monoisotopic (exact) mass is 266 g/mol. The number of hydrogen-bond acceptors (Lipinski definition) is 3. The van der Waals surface area contributed by atoms with Gasteiger partial charge in [-0.15, -0.1) is 11.3 Å². The number of nitrogens with zero attached hydrogens (tertiary/aromatic N) is 1. The number of hydrogen-bond donors (Lipinski definition) is 1. The minimum absolute atomic E-state index is 0.627. The van der Waals surface area contributed by atoms with Crippen LogP contribution in [-0.4, -0.2) is 37.1 Å². The average molecular weight is 266 g/mol. The van der Waals surface area contributed by atoms with Gasteiger partial charge in [-0.05, 0) is 56.3 Å². The lowest BCUT2D eigenvalue weighted by Gasteiger charge is -2.32. The van der Waals surface area contributed by atoms with E-state index in [0.717, 1.165) is 5.92 Å². The van der Waals surface area contributed by atoms with Gasteiger partial charge in [-0.3, -0.25) is 0 Å². The molecule has 2 heterocycles. The smallest absolute Gasteiger partial charge is 0.00579 e. The molecule has 1 aromatic rings. The summed E-state index contributed by atoms with van der Waals surface area (Å²) in [5.41, 5.74) is 0. The van der Waals surface area contributed by atoms with Crippen molar-refractivity contribution in [3.8, 4) is 0 Å². The molecule has 1 N–H and O–H groups in total. The van der Waals surface area contributed by atoms with Crippen LogP contribution < -0.4 is 5.32 Å². The molecule has 2 rings (SSSR count). The molecule has 1 aromatic heterocycles.